The average molecular weight is 255 g/mol. The van der Waals surface area contributed by atoms with Crippen molar-refractivity contribution in [1.29, 1.82) is 0 Å². The lowest BCUT2D eigenvalue weighted by molar-refractivity contribution is 0.0762. The maximum absolute atomic E-state index is 12.6. The van der Waals surface area contributed by atoms with Crippen molar-refractivity contribution in [2.24, 2.45) is 0 Å². The summed E-state index contributed by atoms with van der Waals surface area (Å²) in [5.74, 6) is 0.0421. The molecule has 1 aromatic carbocycles. The maximum Gasteiger partial charge on any atom is 0.273 e. The summed E-state index contributed by atoms with van der Waals surface area (Å²) in [4.78, 5) is 18.8. The highest BCUT2D eigenvalue weighted by atomic mass is 16.2. The van der Waals surface area contributed by atoms with Crippen molar-refractivity contribution in [3.05, 3.63) is 42.2 Å². The Labute approximate surface area is 112 Å². The van der Waals surface area contributed by atoms with Crippen LogP contribution in [0.3, 0.4) is 0 Å². The van der Waals surface area contributed by atoms with Crippen molar-refractivity contribution in [2.75, 3.05) is 26.2 Å². The van der Waals surface area contributed by atoms with Gasteiger partial charge in [0.25, 0.3) is 5.91 Å². The third-order valence-corrected chi connectivity index (χ3v) is 3.50. The Hall–Kier alpha value is -1.94. The number of rotatable bonds is 1. The summed E-state index contributed by atoms with van der Waals surface area (Å²) < 4.78 is 0. The van der Waals surface area contributed by atoms with E-state index >= 15 is 0 Å². The second-order valence-electron chi connectivity index (χ2n) is 4.78. The molecule has 19 heavy (non-hydrogen) atoms. The van der Waals surface area contributed by atoms with Gasteiger partial charge in [-0.3, -0.25) is 9.78 Å². The predicted molar refractivity (Wildman–Crippen MR) is 75.1 cm³/mol. The standard InChI is InChI=1S/C15H17N3O/c19-15(18-10-3-7-16-9-11-18)14-13-5-2-1-4-12(13)6-8-17-14/h1-2,4-6,8,16H,3,7,9-11H2. The number of nitrogens with one attached hydrogen (secondary N) is 1. The second-order valence-corrected chi connectivity index (χ2v) is 4.78. The molecule has 1 aliphatic rings. The summed E-state index contributed by atoms with van der Waals surface area (Å²) in [5, 5.41) is 5.31. The number of benzene rings is 1. The summed E-state index contributed by atoms with van der Waals surface area (Å²) in [7, 11) is 0. The van der Waals surface area contributed by atoms with Gasteiger partial charge >= 0.3 is 0 Å². The first kappa shape index (κ1) is 12.1. The SMILES string of the molecule is O=C(c1nccc2ccccc12)N1CCCNCC1. The lowest BCUT2D eigenvalue weighted by atomic mass is 10.1. The second kappa shape index (κ2) is 5.36. The molecule has 98 valence electrons. The van der Waals surface area contributed by atoms with Gasteiger partial charge in [-0.25, -0.2) is 0 Å². The summed E-state index contributed by atoms with van der Waals surface area (Å²) in [6.45, 7) is 3.39. The van der Waals surface area contributed by atoms with E-state index in [0.29, 0.717) is 5.69 Å². The van der Waals surface area contributed by atoms with Gasteiger partial charge in [0.15, 0.2) is 0 Å². The molecule has 1 saturated heterocycles. The van der Waals surface area contributed by atoms with E-state index in [9.17, 15) is 4.79 Å². The molecule has 1 aromatic heterocycles. The molecule has 1 aliphatic heterocycles. The normalized spacial score (nSPS) is 16.3. The molecular weight excluding hydrogens is 238 g/mol. The van der Waals surface area contributed by atoms with Crippen LogP contribution in [-0.4, -0.2) is 42.0 Å². The first-order valence-corrected chi connectivity index (χ1v) is 6.70. The van der Waals surface area contributed by atoms with Crippen LogP contribution in [0.1, 0.15) is 16.9 Å². The molecule has 2 aromatic rings. The third-order valence-electron chi connectivity index (χ3n) is 3.50. The Balaban J connectivity index is 1.96. The predicted octanol–water partition coefficient (Wildman–Crippen LogP) is 1.67. The van der Waals surface area contributed by atoms with Crippen molar-refractivity contribution >= 4 is 16.7 Å². The van der Waals surface area contributed by atoms with E-state index < -0.39 is 0 Å². The van der Waals surface area contributed by atoms with Crippen LogP contribution in [0, 0.1) is 0 Å². The quantitative estimate of drug-likeness (QED) is 0.843. The van der Waals surface area contributed by atoms with Crippen LogP contribution in [0.2, 0.25) is 0 Å². The van der Waals surface area contributed by atoms with Crippen LogP contribution < -0.4 is 5.32 Å². The van der Waals surface area contributed by atoms with Gasteiger partial charge in [0.05, 0.1) is 0 Å². The summed E-state index contributed by atoms with van der Waals surface area (Å²) in [6, 6.07) is 9.84. The molecule has 0 atom stereocenters. The number of hydrogen-bond acceptors (Lipinski definition) is 3. The fraction of sp³-hybridized carbons (Fsp3) is 0.333. The molecule has 0 radical (unpaired) electrons. The van der Waals surface area contributed by atoms with E-state index in [-0.39, 0.29) is 5.91 Å². The largest absolute Gasteiger partial charge is 0.336 e. The van der Waals surface area contributed by atoms with Gasteiger partial charge in [0.2, 0.25) is 0 Å². The molecule has 1 N–H and O–H groups in total. The number of amides is 1. The molecule has 4 heteroatoms. The smallest absolute Gasteiger partial charge is 0.273 e. The summed E-state index contributed by atoms with van der Waals surface area (Å²) >= 11 is 0. The molecule has 0 spiro atoms. The monoisotopic (exact) mass is 255 g/mol. The van der Waals surface area contributed by atoms with Crippen molar-refractivity contribution < 1.29 is 4.79 Å². The third kappa shape index (κ3) is 2.44. The highest BCUT2D eigenvalue weighted by molar-refractivity contribution is 6.05. The van der Waals surface area contributed by atoms with E-state index in [1.54, 1.807) is 6.20 Å². The number of nitrogens with zero attached hydrogens (tertiary/aromatic N) is 2. The average Bonchev–Trinajstić information content (AvgIpc) is 2.75. The van der Waals surface area contributed by atoms with Crippen molar-refractivity contribution in [1.82, 2.24) is 15.2 Å². The maximum atomic E-state index is 12.6. The molecule has 3 rings (SSSR count). The highest BCUT2D eigenvalue weighted by Crippen LogP contribution is 2.18. The minimum atomic E-state index is 0.0421. The van der Waals surface area contributed by atoms with Gasteiger partial charge in [-0.2, -0.15) is 0 Å². The van der Waals surface area contributed by atoms with Crippen molar-refractivity contribution in [3.8, 4) is 0 Å². The van der Waals surface area contributed by atoms with Crippen LogP contribution in [0.5, 0.6) is 0 Å². The van der Waals surface area contributed by atoms with E-state index in [1.165, 1.54) is 0 Å². The van der Waals surface area contributed by atoms with Crippen LogP contribution >= 0.6 is 0 Å². The Kier molecular flexibility index (Phi) is 3.42. The minimum Gasteiger partial charge on any atom is -0.336 e. The zero-order valence-corrected chi connectivity index (χ0v) is 10.8. The molecule has 0 unspecified atom stereocenters. The van der Waals surface area contributed by atoms with Crippen LogP contribution in [0.25, 0.3) is 10.8 Å². The Morgan fingerprint density at radius 1 is 1.16 bits per heavy atom. The van der Waals surface area contributed by atoms with E-state index in [0.717, 1.165) is 43.4 Å². The number of pyridine rings is 1. The Morgan fingerprint density at radius 3 is 3.00 bits per heavy atom. The minimum absolute atomic E-state index is 0.0421. The highest BCUT2D eigenvalue weighted by Gasteiger charge is 2.19. The summed E-state index contributed by atoms with van der Waals surface area (Å²) in [5.41, 5.74) is 0.569. The van der Waals surface area contributed by atoms with E-state index in [4.69, 9.17) is 0 Å². The first-order valence-electron chi connectivity index (χ1n) is 6.70. The Morgan fingerprint density at radius 2 is 2.05 bits per heavy atom. The molecule has 4 nitrogen and oxygen atoms in total. The fourth-order valence-electron chi connectivity index (χ4n) is 2.49. The molecule has 2 heterocycles. The molecule has 0 bridgehead atoms. The number of hydrogen-bond donors (Lipinski definition) is 1. The molecule has 0 saturated carbocycles. The molecule has 1 amide bonds. The zero-order valence-electron chi connectivity index (χ0n) is 10.8. The van der Waals surface area contributed by atoms with E-state index in [1.807, 2.05) is 35.2 Å². The fourth-order valence-corrected chi connectivity index (χ4v) is 2.49. The first-order chi connectivity index (χ1) is 9.36. The molecule has 1 fully saturated rings. The van der Waals surface area contributed by atoms with Crippen LogP contribution in [-0.2, 0) is 0 Å². The van der Waals surface area contributed by atoms with Crippen LogP contribution in [0.15, 0.2) is 36.5 Å². The van der Waals surface area contributed by atoms with Gasteiger partial charge < -0.3 is 10.2 Å². The number of fused-ring (bicyclic) bond motifs is 1. The van der Waals surface area contributed by atoms with Crippen molar-refractivity contribution in [3.63, 3.8) is 0 Å². The Bertz CT molecular complexity index is 583. The lowest BCUT2D eigenvalue weighted by Crippen LogP contribution is -2.34. The van der Waals surface area contributed by atoms with Gasteiger partial charge in [-0.05, 0) is 24.4 Å². The zero-order chi connectivity index (χ0) is 13.1. The lowest BCUT2D eigenvalue weighted by Gasteiger charge is -2.20. The van der Waals surface area contributed by atoms with Crippen molar-refractivity contribution in [2.45, 2.75) is 6.42 Å². The van der Waals surface area contributed by atoms with Gasteiger partial charge in [-0.15, -0.1) is 0 Å². The number of aromatic nitrogens is 1. The topological polar surface area (TPSA) is 45.2 Å². The molecular formula is C15H17N3O. The number of carbonyl (C=O) groups excluding carboxylic acids is 1. The van der Waals surface area contributed by atoms with Gasteiger partial charge in [0.1, 0.15) is 5.69 Å². The van der Waals surface area contributed by atoms with Gasteiger partial charge in [0, 0.05) is 31.2 Å². The number of carbonyl (C=O) groups is 1. The van der Waals surface area contributed by atoms with Gasteiger partial charge in [-0.1, -0.05) is 24.3 Å². The van der Waals surface area contributed by atoms with E-state index in [2.05, 4.69) is 10.3 Å². The van der Waals surface area contributed by atoms with Crippen LogP contribution in [0.4, 0.5) is 0 Å². The summed E-state index contributed by atoms with van der Waals surface area (Å²) in [6.07, 6.45) is 2.71. The molecule has 0 aliphatic carbocycles.